The molecule has 0 aromatic heterocycles. The Balaban J connectivity index is 1.93. The molecule has 0 aromatic carbocycles. The van der Waals surface area contributed by atoms with Gasteiger partial charge in [0.25, 0.3) is 0 Å². The zero-order chi connectivity index (χ0) is 16.6. The number of rotatable bonds is 6. The third-order valence-electron chi connectivity index (χ3n) is 5.39. The summed E-state index contributed by atoms with van der Waals surface area (Å²) in [5.74, 6) is -1.23. The van der Waals surface area contributed by atoms with Crippen LogP contribution in [0.2, 0.25) is 0 Å². The minimum Gasteiger partial charge on any atom is -0.450 e. The van der Waals surface area contributed by atoms with E-state index < -0.39 is 18.0 Å². The molecule has 1 amide bonds. The van der Waals surface area contributed by atoms with Gasteiger partial charge in [-0.3, -0.25) is 0 Å². The number of aliphatic hydroxyl groups is 1. The Labute approximate surface area is 136 Å². The molecule has 0 unspecified atom stereocenters. The number of aliphatic hydroxyl groups excluding tert-OH is 1. The maximum Gasteiger partial charge on any atom is 0.407 e. The lowest BCUT2D eigenvalue weighted by molar-refractivity contribution is -0.341. The van der Waals surface area contributed by atoms with E-state index in [-0.39, 0.29) is 29.9 Å². The van der Waals surface area contributed by atoms with Gasteiger partial charge in [-0.15, -0.1) is 0 Å². The van der Waals surface area contributed by atoms with Crippen LogP contribution in [0.1, 0.15) is 27.2 Å². The van der Waals surface area contributed by atoms with Crippen molar-refractivity contribution in [2.45, 2.75) is 51.2 Å². The summed E-state index contributed by atoms with van der Waals surface area (Å²) >= 11 is 0. The highest BCUT2D eigenvalue weighted by Gasteiger charge is 2.69. The molecule has 0 spiro atoms. The van der Waals surface area contributed by atoms with Crippen LogP contribution in [0.15, 0.2) is 0 Å². The smallest absolute Gasteiger partial charge is 0.407 e. The van der Waals surface area contributed by atoms with Crippen molar-refractivity contribution in [3.8, 4) is 0 Å². The minimum absolute atomic E-state index is 0.0541. The number of fused-ring (bicyclic) bond motifs is 2. The van der Waals surface area contributed by atoms with Gasteiger partial charge in [0.1, 0.15) is 6.10 Å². The molecule has 6 atom stereocenters. The fourth-order valence-corrected chi connectivity index (χ4v) is 4.71. The molecule has 3 bridgehead atoms. The summed E-state index contributed by atoms with van der Waals surface area (Å²) in [6, 6.07) is -0.278. The first kappa shape index (κ1) is 17.0. The second-order valence-corrected chi connectivity index (χ2v) is 6.38. The van der Waals surface area contributed by atoms with Crippen molar-refractivity contribution >= 4 is 6.09 Å². The van der Waals surface area contributed by atoms with E-state index in [1.165, 1.54) is 0 Å². The van der Waals surface area contributed by atoms with Crippen LogP contribution in [-0.4, -0.2) is 61.7 Å². The fraction of sp³-hybridized carbons (Fsp3) is 0.938. The van der Waals surface area contributed by atoms with E-state index in [1.807, 2.05) is 13.8 Å². The second kappa shape index (κ2) is 6.55. The van der Waals surface area contributed by atoms with Gasteiger partial charge >= 0.3 is 6.09 Å². The number of carbonyl (C=O) groups is 1. The third kappa shape index (κ3) is 2.54. The van der Waals surface area contributed by atoms with E-state index in [2.05, 4.69) is 5.32 Å². The Morgan fingerprint density at radius 1 is 1.22 bits per heavy atom. The average Bonchev–Trinajstić information content (AvgIpc) is 2.66. The molecule has 7 heteroatoms. The lowest BCUT2D eigenvalue weighted by Crippen LogP contribution is -2.63. The van der Waals surface area contributed by atoms with Crippen molar-refractivity contribution in [2.24, 2.45) is 17.8 Å². The van der Waals surface area contributed by atoms with Crippen molar-refractivity contribution in [1.82, 2.24) is 5.32 Å². The zero-order valence-electron chi connectivity index (χ0n) is 14.0. The molecule has 1 saturated heterocycles. The Bertz CT molecular complexity index is 438. The van der Waals surface area contributed by atoms with Crippen molar-refractivity contribution in [3.63, 3.8) is 0 Å². The van der Waals surface area contributed by atoms with E-state index in [1.54, 1.807) is 6.92 Å². The lowest BCUT2D eigenvalue weighted by Gasteiger charge is -2.50. The first-order chi connectivity index (χ1) is 11.1. The molecule has 1 heterocycles. The van der Waals surface area contributed by atoms with E-state index in [4.69, 9.17) is 18.9 Å². The summed E-state index contributed by atoms with van der Waals surface area (Å²) in [5.41, 5.74) is 0. The topological polar surface area (TPSA) is 86.3 Å². The second-order valence-electron chi connectivity index (χ2n) is 6.38. The minimum atomic E-state index is -1.02. The van der Waals surface area contributed by atoms with Gasteiger partial charge in [0, 0.05) is 25.2 Å². The number of alkyl carbamates (subject to hydrolysis) is 1. The predicted octanol–water partition coefficient (Wildman–Crippen LogP) is 0.896. The highest BCUT2D eigenvalue weighted by molar-refractivity contribution is 5.67. The van der Waals surface area contributed by atoms with Crippen LogP contribution in [0.4, 0.5) is 4.79 Å². The SMILES string of the molecule is CCOC(=O)N[C@@H]1[C@H]2CO[C@H]3C[C@H]2[C@@H](O)[C@H]1C3(OCC)OCC. The normalized spacial score (nSPS) is 40.2. The van der Waals surface area contributed by atoms with E-state index in [9.17, 15) is 9.90 Å². The number of carbonyl (C=O) groups excluding carboxylic acids is 1. The van der Waals surface area contributed by atoms with E-state index in [0.29, 0.717) is 32.8 Å². The first-order valence-electron chi connectivity index (χ1n) is 8.59. The molecule has 1 aliphatic heterocycles. The van der Waals surface area contributed by atoms with Crippen LogP contribution < -0.4 is 5.32 Å². The number of nitrogens with one attached hydrogen (secondary N) is 1. The number of ether oxygens (including phenoxy) is 4. The van der Waals surface area contributed by atoms with Gasteiger partial charge in [0.2, 0.25) is 5.79 Å². The maximum atomic E-state index is 12.0. The van der Waals surface area contributed by atoms with Gasteiger partial charge in [0.05, 0.1) is 25.2 Å². The summed E-state index contributed by atoms with van der Waals surface area (Å²) in [4.78, 5) is 12.0. The third-order valence-corrected chi connectivity index (χ3v) is 5.39. The largest absolute Gasteiger partial charge is 0.450 e. The summed E-state index contributed by atoms with van der Waals surface area (Å²) < 4.78 is 23.0. The van der Waals surface area contributed by atoms with Crippen LogP contribution in [0, 0.1) is 17.8 Å². The average molecular weight is 329 g/mol. The number of hydrogen-bond acceptors (Lipinski definition) is 6. The Morgan fingerprint density at radius 3 is 2.52 bits per heavy atom. The van der Waals surface area contributed by atoms with Gasteiger partial charge in [-0.1, -0.05) is 0 Å². The van der Waals surface area contributed by atoms with Gasteiger partial charge in [0.15, 0.2) is 0 Å². The molecule has 132 valence electrons. The summed E-state index contributed by atoms with van der Waals surface area (Å²) in [6.45, 7) is 7.25. The summed E-state index contributed by atoms with van der Waals surface area (Å²) in [5, 5.41) is 13.7. The van der Waals surface area contributed by atoms with E-state index in [0.717, 1.165) is 0 Å². The Morgan fingerprint density at radius 2 is 1.91 bits per heavy atom. The number of hydrogen-bond donors (Lipinski definition) is 2. The fourth-order valence-electron chi connectivity index (χ4n) is 4.71. The van der Waals surface area contributed by atoms with Crippen LogP contribution in [0.5, 0.6) is 0 Å². The lowest BCUT2D eigenvalue weighted by atomic mass is 9.76. The predicted molar refractivity (Wildman–Crippen MR) is 80.8 cm³/mol. The molecule has 2 aliphatic carbocycles. The van der Waals surface area contributed by atoms with Crippen molar-refractivity contribution in [2.75, 3.05) is 26.4 Å². The van der Waals surface area contributed by atoms with Crippen molar-refractivity contribution < 1.29 is 28.8 Å². The van der Waals surface area contributed by atoms with Gasteiger partial charge < -0.3 is 29.4 Å². The Hall–Kier alpha value is -0.890. The zero-order valence-corrected chi connectivity index (χ0v) is 14.0. The Kier molecular flexibility index (Phi) is 4.83. The molecule has 0 aromatic rings. The van der Waals surface area contributed by atoms with Gasteiger partial charge in [-0.2, -0.15) is 0 Å². The van der Waals surface area contributed by atoms with Crippen molar-refractivity contribution in [1.29, 1.82) is 0 Å². The molecular weight excluding hydrogens is 302 g/mol. The molecule has 2 saturated carbocycles. The molecular formula is C16H27NO6. The van der Waals surface area contributed by atoms with Crippen LogP contribution in [0.3, 0.4) is 0 Å². The maximum absolute atomic E-state index is 12.0. The van der Waals surface area contributed by atoms with Crippen LogP contribution >= 0.6 is 0 Å². The standard InChI is InChI=1S/C16H27NO6/c1-4-20-15(19)17-13-10-8-21-11-7-9(10)14(18)12(13)16(11,22-5-2)23-6-3/h9-14,18H,4-8H2,1-3H3,(H,17,19)/t9-,10+,11+,12+,13-,14-/m1/s1. The van der Waals surface area contributed by atoms with Crippen molar-refractivity contribution in [3.05, 3.63) is 0 Å². The molecule has 3 fully saturated rings. The summed E-state index contributed by atoms with van der Waals surface area (Å²) in [7, 11) is 0. The molecule has 3 aliphatic rings. The summed E-state index contributed by atoms with van der Waals surface area (Å²) in [6.07, 6.45) is -0.581. The molecule has 23 heavy (non-hydrogen) atoms. The molecule has 7 nitrogen and oxygen atoms in total. The van der Waals surface area contributed by atoms with Crippen LogP contribution in [0.25, 0.3) is 0 Å². The highest BCUT2D eigenvalue weighted by atomic mass is 16.7. The van der Waals surface area contributed by atoms with Gasteiger partial charge in [-0.05, 0) is 33.1 Å². The molecule has 2 N–H and O–H groups in total. The number of amides is 1. The highest BCUT2D eigenvalue weighted by Crippen LogP contribution is 2.56. The van der Waals surface area contributed by atoms with E-state index >= 15 is 0 Å². The molecule has 3 rings (SSSR count). The monoisotopic (exact) mass is 329 g/mol. The first-order valence-corrected chi connectivity index (χ1v) is 8.59. The van der Waals surface area contributed by atoms with Gasteiger partial charge in [-0.25, -0.2) is 4.79 Å². The molecule has 0 radical (unpaired) electrons. The van der Waals surface area contributed by atoms with Crippen LogP contribution in [-0.2, 0) is 18.9 Å². The quantitative estimate of drug-likeness (QED) is 0.704.